The van der Waals surface area contributed by atoms with Crippen LogP contribution in [0.1, 0.15) is 53.1 Å². The fourth-order valence-electron chi connectivity index (χ4n) is 4.66. The molecule has 0 bridgehead atoms. The highest BCUT2D eigenvalue weighted by molar-refractivity contribution is 5.69. The fourth-order valence-corrected chi connectivity index (χ4v) is 4.66. The summed E-state index contributed by atoms with van der Waals surface area (Å²) in [5, 5.41) is 59.3. The molecule has 1 aliphatic rings. The van der Waals surface area contributed by atoms with Gasteiger partial charge < -0.3 is 30.6 Å². The summed E-state index contributed by atoms with van der Waals surface area (Å²) in [4.78, 5) is 24.8. The van der Waals surface area contributed by atoms with E-state index in [0.29, 0.717) is 47.1 Å². The maximum atomic E-state index is 11.8. The van der Waals surface area contributed by atoms with Crippen LogP contribution in [-0.2, 0) is 35.8 Å². The number of rotatable bonds is 9. The molecule has 0 aliphatic heterocycles. The molecule has 2 unspecified atom stereocenters. The van der Waals surface area contributed by atoms with Gasteiger partial charge in [-0.3, -0.25) is 14.5 Å². The zero-order valence-corrected chi connectivity index (χ0v) is 18.1. The van der Waals surface area contributed by atoms with E-state index >= 15 is 0 Å². The zero-order valence-electron chi connectivity index (χ0n) is 18.1. The van der Waals surface area contributed by atoms with Gasteiger partial charge in [0.25, 0.3) is 0 Å². The highest BCUT2D eigenvalue weighted by Gasteiger charge is 2.33. The van der Waals surface area contributed by atoms with Crippen molar-refractivity contribution in [2.24, 2.45) is 5.92 Å². The van der Waals surface area contributed by atoms with Gasteiger partial charge in [0.15, 0.2) is 0 Å². The van der Waals surface area contributed by atoms with Crippen LogP contribution in [-0.4, -0.2) is 54.0 Å². The number of aromatic hydroxyl groups is 2. The molecule has 3 rings (SSSR count). The molecule has 2 aromatic carbocycles. The molecule has 0 fully saturated rings. The molecule has 6 N–H and O–H groups in total. The zero-order chi connectivity index (χ0) is 24.1. The van der Waals surface area contributed by atoms with Gasteiger partial charge in [0, 0.05) is 35.7 Å². The maximum Gasteiger partial charge on any atom is 0.317 e. The number of fused-ring (bicyclic) bond motifs is 1. The van der Waals surface area contributed by atoms with Crippen molar-refractivity contribution < 1.29 is 40.2 Å². The number of para-hydroxylation sites is 1. The third-order valence-corrected chi connectivity index (χ3v) is 6.28. The number of nitrogens with zero attached hydrogens (tertiary/aromatic N) is 1. The maximum absolute atomic E-state index is 11.8. The van der Waals surface area contributed by atoms with Crippen LogP contribution in [0.5, 0.6) is 11.5 Å². The van der Waals surface area contributed by atoms with Crippen LogP contribution in [0, 0.1) is 5.92 Å². The van der Waals surface area contributed by atoms with E-state index in [0.717, 1.165) is 0 Å². The second-order valence-corrected chi connectivity index (χ2v) is 8.43. The van der Waals surface area contributed by atoms with Gasteiger partial charge in [0.05, 0.1) is 19.8 Å². The van der Waals surface area contributed by atoms with Crippen LogP contribution in [0.2, 0.25) is 0 Å². The third kappa shape index (κ3) is 5.62. The van der Waals surface area contributed by atoms with Gasteiger partial charge in [-0.1, -0.05) is 30.3 Å². The Hall–Kier alpha value is -3.14. The Bertz CT molecular complexity index is 1020. The molecule has 0 spiro atoms. The molecule has 0 aromatic heterocycles. The smallest absolute Gasteiger partial charge is 0.317 e. The molecule has 178 valence electrons. The first kappa shape index (κ1) is 24.5. The summed E-state index contributed by atoms with van der Waals surface area (Å²) in [7, 11) is 0. The van der Waals surface area contributed by atoms with E-state index in [1.54, 1.807) is 35.2 Å². The molecular weight excluding hydrogens is 430 g/mol. The molecule has 0 radical (unpaired) electrons. The van der Waals surface area contributed by atoms with Crippen molar-refractivity contribution in [3.63, 3.8) is 0 Å². The van der Waals surface area contributed by atoms with Crippen LogP contribution in [0.15, 0.2) is 30.3 Å². The summed E-state index contributed by atoms with van der Waals surface area (Å²) in [5.74, 6) is -2.49. The van der Waals surface area contributed by atoms with Crippen molar-refractivity contribution in [1.82, 2.24) is 4.90 Å². The highest BCUT2D eigenvalue weighted by atomic mass is 16.4. The number of hydrogen-bond acceptors (Lipinski definition) is 7. The standard InChI is InChI=1S/C24H29NO8/c26-12-16-3-1-2-15(23(16)32)10-25(11-22(30)31)20-8-14(9-21(28)29)4-6-19-18(20)7-5-17(13-27)24(19)33/h1-3,5,7,14,20,26-27,32-33H,4,6,8-13H2,(H,28,29)(H,30,31). The Morgan fingerprint density at radius 2 is 1.58 bits per heavy atom. The van der Waals surface area contributed by atoms with Crippen molar-refractivity contribution in [2.45, 2.75) is 51.5 Å². The lowest BCUT2D eigenvalue weighted by Gasteiger charge is -2.33. The molecule has 0 saturated heterocycles. The predicted octanol–water partition coefficient (Wildman–Crippen LogP) is 2.14. The SMILES string of the molecule is O=C(O)CC1CCc2c(ccc(CO)c2O)C(N(CC(=O)O)Cc2cccc(CO)c2O)C1. The summed E-state index contributed by atoms with van der Waals surface area (Å²) in [6.07, 6.45) is 1.15. The minimum absolute atomic E-state index is 0.0401. The van der Waals surface area contributed by atoms with Crippen molar-refractivity contribution in [2.75, 3.05) is 6.54 Å². The van der Waals surface area contributed by atoms with Crippen LogP contribution in [0.3, 0.4) is 0 Å². The molecule has 9 nitrogen and oxygen atoms in total. The second-order valence-electron chi connectivity index (χ2n) is 8.43. The van der Waals surface area contributed by atoms with Gasteiger partial charge in [-0.2, -0.15) is 0 Å². The van der Waals surface area contributed by atoms with Crippen LogP contribution in [0.25, 0.3) is 0 Å². The van der Waals surface area contributed by atoms with Crippen LogP contribution < -0.4 is 0 Å². The number of carboxylic acid groups (broad SMARTS) is 2. The largest absolute Gasteiger partial charge is 0.507 e. The Morgan fingerprint density at radius 1 is 0.909 bits per heavy atom. The van der Waals surface area contributed by atoms with E-state index in [9.17, 15) is 40.2 Å². The number of carboxylic acids is 2. The molecule has 1 aliphatic carbocycles. The first-order valence-electron chi connectivity index (χ1n) is 10.8. The average Bonchev–Trinajstić information content (AvgIpc) is 2.94. The number of phenols is 2. The fraction of sp³-hybridized carbons (Fsp3) is 0.417. The lowest BCUT2D eigenvalue weighted by atomic mass is 9.91. The average molecular weight is 459 g/mol. The van der Waals surface area contributed by atoms with Crippen molar-refractivity contribution in [1.29, 1.82) is 0 Å². The van der Waals surface area contributed by atoms with Gasteiger partial charge in [0.2, 0.25) is 0 Å². The van der Waals surface area contributed by atoms with Crippen molar-refractivity contribution in [3.05, 3.63) is 58.1 Å². The lowest BCUT2D eigenvalue weighted by molar-refractivity contribution is -0.140. The molecule has 0 saturated carbocycles. The topological polar surface area (TPSA) is 159 Å². The summed E-state index contributed by atoms with van der Waals surface area (Å²) in [6, 6.07) is 7.65. The van der Waals surface area contributed by atoms with E-state index in [4.69, 9.17) is 0 Å². The number of aliphatic hydroxyl groups excluding tert-OH is 2. The van der Waals surface area contributed by atoms with E-state index in [1.807, 2.05) is 0 Å². The Labute approximate surface area is 191 Å². The van der Waals surface area contributed by atoms with E-state index in [-0.39, 0.29) is 50.1 Å². The minimum atomic E-state index is -1.09. The van der Waals surface area contributed by atoms with Gasteiger partial charge in [-0.15, -0.1) is 0 Å². The normalized spacial score (nSPS) is 18.0. The molecule has 2 atom stereocenters. The predicted molar refractivity (Wildman–Crippen MR) is 118 cm³/mol. The molecular formula is C24H29NO8. The van der Waals surface area contributed by atoms with Gasteiger partial charge >= 0.3 is 11.9 Å². The quantitative estimate of drug-likeness (QED) is 0.309. The molecule has 0 heterocycles. The first-order chi connectivity index (χ1) is 15.7. The summed E-state index contributed by atoms with van der Waals surface area (Å²) in [5.41, 5.74) is 2.35. The van der Waals surface area contributed by atoms with Crippen molar-refractivity contribution in [3.8, 4) is 11.5 Å². The van der Waals surface area contributed by atoms with Crippen molar-refractivity contribution >= 4 is 11.9 Å². The number of aliphatic hydroxyl groups is 2. The minimum Gasteiger partial charge on any atom is -0.507 e. The highest BCUT2D eigenvalue weighted by Crippen LogP contribution is 2.42. The Morgan fingerprint density at radius 3 is 2.21 bits per heavy atom. The van der Waals surface area contributed by atoms with Gasteiger partial charge in [-0.05, 0) is 36.3 Å². The monoisotopic (exact) mass is 459 g/mol. The van der Waals surface area contributed by atoms with Crippen LogP contribution >= 0.6 is 0 Å². The van der Waals surface area contributed by atoms with E-state index < -0.39 is 18.0 Å². The van der Waals surface area contributed by atoms with Gasteiger partial charge in [-0.25, -0.2) is 0 Å². The van der Waals surface area contributed by atoms with Crippen LogP contribution in [0.4, 0.5) is 0 Å². The number of hydrogen-bond donors (Lipinski definition) is 6. The van der Waals surface area contributed by atoms with E-state index in [2.05, 4.69) is 0 Å². The second kappa shape index (κ2) is 10.7. The number of aliphatic carboxylic acids is 2. The molecule has 0 amide bonds. The van der Waals surface area contributed by atoms with E-state index in [1.165, 1.54) is 0 Å². The summed E-state index contributed by atoms with van der Waals surface area (Å²) >= 11 is 0. The van der Waals surface area contributed by atoms with Gasteiger partial charge in [0.1, 0.15) is 11.5 Å². The summed E-state index contributed by atoms with van der Waals surface area (Å²) in [6.45, 7) is -1.07. The lowest BCUT2D eigenvalue weighted by Crippen LogP contribution is -2.34. The Kier molecular flexibility index (Phi) is 7.91. The number of benzene rings is 2. The molecule has 33 heavy (non-hydrogen) atoms. The Balaban J connectivity index is 2.08. The molecule has 2 aromatic rings. The summed E-state index contributed by atoms with van der Waals surface area (Å²) < 4.78 is 0. The third-order valence-electron chi connectivity index (χ3n) is 6.28. The number of carbonyl (C=O) groups is 2. The first-order valence-corrected chi connectivity index (χ1v) is 10.8. The molecule has 9 heteroatoms.